The first-order valence-electron chi connectivity index (χ1n) is 16.9. The molecule has 8 aromatic rings. The quantitative estimate of drug-likeness (QED) is 0.167. The van der Waals surface area contributed by atoms with Crippen LogP contribution >= 0.6 is 0 Å². The molecule has 0 radical (unpaired) electrons. The van der Waals surface area contributed by atoms with E-state index in [4.69, 9.17) is 39.9 Å². The molecule has 0 amide bonds. The molecule has 9 heteroatoms. The maximum Gasteiger partial charge on any atom is 2.00 e. The van der Waals surface area contributed by atoms with Crippen molar-refractivity contribution in [1.82, 2.24) is 39.9 Å². The summed E-state index contributed by atoms with van der Waals surface area (Å²) in [4.78, 5) is 40.4. The predicted molar refractivity (Wildman–Crippen MR) is 198 cm³/mol. The Bertz CT molecular complexity index is 2810. The van der Waals surface area contributed by atoms with Crippen LogP contribution in [0.15, 0.2) is 115 Å². The summed E-state index contributed by atoms with van der Waals surface area (Å²) in [6.07, 6.45) is 3.40. The Hall–Kier alpha value is -5.92. The fourth-order valence-corrected chi connectivity index (χ4v) is 7.03. The van der Waals surface area contributed by atoms with Gasteiger partial charge in [0.05, 0.1) is 23.3 Å². The molecule has 2 aliphatic heterocycles. The maximum absolute atomic E-state index is 5.19. The number of benzene rings is 5. The topological polar surface area (TPSA) is 106 Å². The first kappa shape index (κ1) is 31.1. The van der Waals surface area contributed by atoms with E-state index < -0.39 is 0 Å². The van der Waals surface area contributed by atoms with Crippen molar-refractivity contribution in [2.24, 2.45) is 0 Å². The summed E-state index contributed by atoms with van der Waals surface area (Å²) in [6, 6.07) is 39.1. The van der Waals surface area contributed by atoms with Crippen molar-refractivity contribution < 1.29 is 19.5 Å². The molecule has 0 saturated heterocycles. The van der Waals surface area contributed by atoms with Gasteiger partial charge in [0.2, 0.25) is 0 Å². The first-order chi connectivity index (χ1) is 24.7. The second-order valence-electron chi connectivity index (χ2n) is 12.6. The number of aryl methyl sites for hydroxylation is 1. The average molecular weight is 710 g/mol. The Labute approximate surface area is 305 Å². The monoisotopic (exact) mass is 708 g/mol. The van der Waals surface area contributed by atoms with Gasteiger partial charge in [0.1, 0.15) is 0 Å². The fourth-order valence-electron chi connectivity index (χ4n) is 7.03. The Kier molecular flexibility index (Phi) is 7.59. The fraction of sp³-hybridized carbons (Fsp3) is 0.0952. The molecule has 0 N–H and O–H groups in total. The van der Waals surface area contributed by atoms with E-state index in [-0.39, 0.29) is 19.5 Å². The number of rotatable bonds is 4. The molecule has 8 bridgehead atoms. The van der Waals surface area contributed by atoms with Crippen LogP contribution in [0.25, 0.3) is 101 Å². The molecule has 0 fully saturated rings. The SMILES string of the molecule is CCCCc1ccc(-c2cccc3c4nc5nc(nc6[n-]c(nc7nc(nc([n-]4)c23)-c2ccccc2-7)c2ccccc62)-c2ccccc2-5)cc1.[Zn+2]. The molecule has 5 aromatic carbocycles. The van der Waals surface area contributed by atoms with Crippen LogP contribution in [0.5, 0.6) is 0 Å². The summed E-state index contributed by atoms with van der Waals surface area (Å²) in [7, 11) is 0. The third-order valence-corrected chi connectivity index (χ3v) is 9.53. The molecule has 3 aromatic heterocycles. The van der Waals surface area contributed by atoms with E-state index in [1.807, 2.05) is 72.8 Å². The molecule has 238 valence electrons. The molecule has 0 saturated carbocycles. The van der Waals surface area contributed by atoms with Crippen molar-refractivity contribution in [2.45, 2.75) is 26.2 Å². The van der Waals surface area contributed by atoms with Crippen molar-refractivity contribution in [3.05, 3.63) is 121 Å². The number of unbranched alkanes of at least 4 members (excludes halogenated alkanes) is 1. The van der Waals surface area contributed by atoms with Crippen molar-refractivity contribution >= 4 is 44.1 Å². The molecule has 10 rings (SSSR count). The van der Waals surface area contributed by atoms with Crippen LogP contribution in [0.1, 0.15) is 25.3 Å². The third-order valence-electron chi connectivity index (χ3n) is 9.53. The van der Waals surface area contributed by atoms with Gasteiger partial charge in [-0.2, -0.15) is 0 Å². The summed E-state index contributed by atoms with van der Waals surface area (Å²) in [5.41, 5.74) is 9.19. The zero-order chi connectivity index (χ0) is 33.2. The van der Waals surface area contributed by atoms with Crippen LogP contribution in [0.3, 0.4) is 0 Å². The normalized spacial score (nSPS) is 11.7. The Morgan fingerprint density at radius 1 is 0.431 bits per heavy atom. The van der Waals surface area contributed by atoms with Crippen molar-refractivity contribution in [2.75, 3.05) is 0 Å². The standard InChI is InChI=1S/C42H28N8.Zn/c1-2-3-11-24-20-22-25(23-21-24)26-18-10-19-33-34(26)42-49-40-32-17-9-8-16-31(32)38(47-40)45-36-28-13-5-4-12-27(28)35(43-36)44-37-29-14-6-7-15-30(29)39(46-37)48-41(33)50-42;/h4-10,12-23H,2-3,11H2,1H3;/q-2;+2. The van der Waals surface area contributed by atoms with Crippen molar-refractivity contribution in [1.29, 1.82) is 0 Å². The van der Waals surface area contributed by atoms with Gasteiger partial charge in [-0.15, -0.1) is 0 Å². The van der Waals surface area contributed by atoms with E-state index in [9.17, 15) is 0 Å². The molecule has 0 aliphatic carbocycles. The molecule has 51 heavy (non-hydrogen) atoms. The van der Waals surface area contributed by atoms with Crippen LogP contribution in [0.2, 0.25) is 0 Å². The molecule has 0 atom stereocenters. The Morgan fingerprint density at radius 2 is 0.863 bits per heavy atom. The van der Waals surface area contributed by atoms with Gasteiger partial charge in [-0.25, -0.2) is 9.97 Å². The minimum atomic E-state index is 0. The van der Waals surface area contributed by atoms with Gasteiger partial charge in [0, 0.05) is 50.2 Å². The van der Waals surface area contributed by atoms with Gasteiger partial charge in [0.25, 0.3) is 0 Å². The van der Waals surface area contributed by atoms with E-state index in [0.29, 0.717) is 45.9 Å². The van der Waals surface area contributed by atoms with Gasteiger partial charge in [-0.05, 0) is 45.7 Å². The van der Waals surface area contributed by atoms with E-state index in [0.717, 1.165) is 61.3 Å². The summed E-state index contributed by atoms with van der Waals surface area (Å²) in [5, 5.41) is 3.58. The van der Waals surface area contributed by atoms with Crippen LogP contribution in [0, 0.1) is 0 Å². The zero-order valence-corrected chi connectivity index (χ0v) is 30.8. The van der Waals surface area contributed by atoms with Crippen molar-refractivity contribution in [3.8, 4) is 56.7 Å². The van der Waals surface area contributed by atoms with Gasteiger partial charge in [-0.1, -0.05) is 129 Å². The maximum atomic E-state index is 5.19. The van der Waals surface area contributed by atoms with Crippen LogP contribution in [-0.2, 0) is 25.9 Å². The molecular weight excluding hydrogens is 682 g/mol. The second kappa shape index (κ2) is 12.4. The van der Waals surface area contributed by atoms with Crippen molar-refractivity contribution in [3.63, 3.8) is 0 Å². The zero-order valence-electron chi connectivity index (χ0n) is 27.9. The first-order valence-corrected chi connectivity index (χ1v) is 16.9. The largest absolute Gasteiger partial charge is 2.00 e. The molecule has 0 spiro atoms. The number of nitrogens with zero attached hydrogens (tertiary/aromatic N) is 8. The van der Waals surface area contributed by atoms with E-state index >= 15 is 0 Å². The van der Waals surface area contributed by atoms with Gasteiger partial charge >= 0.3 is 19.5 Å². The number of fused-ring (bicyclic) bond motifs is 20. The summed E-state index contributed by atoms with van der Waals surface area (Å²) in [6.45, 7) is 2.22. The Morgan fingerprint density at radius 3 is 1.39 bits per heavy atom. The van der Waals surface area contributed by atoms with Gasteiger partial charge in [-0.3, -0.25) is 0 Å². The number of aromatic nitrogens is 8. The van der Waals surface area contributed by atoms with Crippen LogP contribution < -0.4 is 9.97 Å². The van der Waals surface area contributed by atoms with E-state index in [1.54, 1.807) is 0 Å². The summed E-state index contributed by atoms with van der Waals surface area (Å²) in [5.74, 6) is 2.18. The smallest absolute Gasteiger partial charge is 0.357 e. The van der Waals surface area contributed by atoms with Gasteiger partial charge < -0.3 is 29.9 Å². The Balaban J connectivity index is 0.00000348. The second-order valence-corrected chi connectivity index (χ2v) is 12.6. The minimum absolute atomic E-state index is 0. The van der Waals surface area contributed by atoms with Crippen LogP contribution in [-0.4, -0.2) is 29.9 Å². The minimum Gasteiger partial charge on any atom is -0.357 e. The summed E-state index contributed by atoms with van der Waals surface area (Å²) < 4.78 is 0. The number of hydrogen-bond acceptors (Lipinski definition) is 6. The average Bonchev–Trinajstić information content (AvgIpc) is 3.90. The summed E-state index contributed by atoms with van der Waals surface area (Å²) >= 11 is 0. The molecular formula is C42H28N8Zn. The molecule has 5 heterocycles. The molecule has 2 aliphatic rings. The third kappa shape index (κ3) is 5.15. The molecule has 8 nitrogen and oxygen atoms in total. The van der Waals surface area contributed by atoms with E-state index in [1.165, 1.54) is 18.4 Å². The van der Waals surface area contributed by atoms with Gasteiger partial charge in [0.15, 0.2) is 0 Å². The van der Waals surface area contributed by atoms with Crippen LogP contribution in [0.4, 0.5) is 0 Å². The molecule has 0 unspecified atom stereocenters. The predicted octanol–water partition coefficient (Wildman–Crippen LogP) is 9.13. The number of hydrogen-bond donors (Lipinski definition) is 0. The van der Waals surface area contributed by atoms with E-state index in [2.05, 4.69) is 49.4 Å².